The molecule has 1 heterocycles. The predicted molar refractivity (Wildman–Crippen MR) is 59.8 cm³/mol. The van der Waals surface area contributed by atoms with Crippen LogP contribution in [0.3, 0.4) is 0 Å². The Kier molecular flexibility index (Phi) is 3.14. The fourth-order valence-electron chi connectivity index (χ4n) is 1.94. The van der Waals surface area contributed by atoms with Gasteiger partial charge in [0, 0.05) is 12.3 Å². The molecule has 2 rings (SSSR count). The number of carbonyl (C=O) groups excluding carboxylic acids is 1. The highest BCUT2D eigenvalue weighted by atomic mass is 35.5. The maximum Gasteiger partial charge on any atom is 0.365 e. The molecular formula is C10H13ClFN3O. The summed E-state index contributed by atoms with van der Waals surface area (Å²) in [6, 6.07) is -1.34. The van der Waals surface area contributed by atoms with Crippen LogP contribution in [-0.2, 0) is 4.79 Å². The van der Waals surface area contributed by atoms with Crippen LogP contribution in [0.25, 0.3) is 0 Å². The second-order valence-electron chi connectivity index (χ2n) is 4.01. The van der Waals surface area contributed by atoms with Gasteiger partial charge in [0.25, 0.3) is 5.12 Å². The molecule has 0 spiro atoms. The Morgan fingerprint density at radius 1 is 1.62 bits per heavy atom. The Bertz CT molecular complexity index is 352. The molecule has 0 amide bonds. The van der Waals surface area contributed by atoms with Crippen molar-refractivity contribution in [2.24, 2.45) is 4.99 Å². The zero-order valence-corrected chi connectivity index (χ0v) is 9.43. The van der Waals surface area contributed by atoms with E-state index in [0.29, 0.717) is 11.9 Å². The van der Waals surface area contributed by atoms with E-state index in [0.717, 1.165) is 12.8 Å². The lowest BCUT2D eigenvalue weighted by molar-refractivity contribution is -0.132. The Hall–Kier alpha value is -1.10. The third-order valence-electron chi connectivity index (χ3n) is 2.77. The number of carbonyl (C=O) groups is 1. The molecule has 1 unspecified atom stereocenters. The molecule has 0 bridgehead atoms. The third-order valence-corrected chi connectivity index (χ3v) is 3.11. The lowest BCUT2D eigenvalue weighted by Crippen LogP contribution is -2.49. The van der Waals surface area contributed by atoms with Crippen LogP contribution in [0.4, 0.5) is 4.39 Å². The first-order valence-electron chi connectivity index (χ1n) is 5.29. The van der Waals surface area contributed by atoms with Gasteiger partial charge < -0.3 is 10.6 Å². The SMILES string of the molecule is O=C(F)C1(Cl)N=CC=C(NC2CCCC2)N1. The number of nitrogens with zero attached hydrogens (tertiary/aromatic N) is 1. The summed E-state index contributed by atoms with van der Waals surface area (Å²) < 4.78 is 12.7. The van der Waals surface area contributed by atoms with E-state index >= 15 is 0 Å². The first-order chi connectivity index (χ1) is 7.60. The van der Waals surface area contributed by atoms with Crippen molar-refractivity contribution >= 4 is 23.9 Å². The van der Waals surface area contributed by atoms with E-state index in [1.807, 2.05) is 0 Å². The number of nitrogens with one attached hydrogen (secondary N) is 2. The summed E-state index contributed by atoms with van der Waals surface area (Å²) in [6.45, 7) is 0. The van der Waals surface area contributed by atoms with Crippen LogP contribution in [0.5, 0.6) is 0 Å². The van der Waals surface area contributed by atoms with Gasteiger partial charge in [0.15, 0.2) is 0 Å². The molecule has 4 nitrogen and oxygen atoms in total. The van der Waals surface area contributed by atoms with Gasteiger partial charge in [0.05, 0.1) is 0 Å². The predicted octanol–water partition coefficient (Wildman–Crippen LogP) is 1.42. The number of rotatable bonds is 3. The van der Waals surface area contributed by atoms with Crippen molar-refractivity contribution in [2.75, 3.05) is 0 Å². The van der Waals surface area contributed by atoms with E-state index in [-0.39, 0.29) is 0 Å². The third kappa shape index (κ3) is 2.35. The zero-order valence-electron chi connectivity index (χ0n) is 8.67. The van der Waals surface area contributed by atoms with Crippen molar-refractivity contribution in [3.63, 3.8) is 0 Å². The van der Waals surface area contributed by atoms with Gasteiger partial charge in [0.1, 0.15) is 5.82 Å². The zero-order chi connectivity index (χ0) is 11.6. The molecule has 0 radical (unpaired) electrons. The van der Waals surface area contributed by atoms with Gasteiger partial charge in [-0.25, -0.2) is 4.99 Å². The minimum atomic E-state index is -1.99. The maximum atomic E-state index is 12.7. The number of halogens is 2. The van der Waals surface area contributed by atoms with Crippen molar-refractivity contribution in [1.29, 1.82) is 0 Å². The second kappa shape index (κ2) is 4.41. The average molecular weight is 246 g/mol. The van der Waals surface area contributed by atoms with Crippen LogP contribution in [-0.4, -0.2) is 23.4 Å². The number of allylic oxidation sites excluding steroid dienone is 1. The van der Waals surface area contributed by atoms with E-state index in [2.05, 4.69) is 15.6 Å². The fourth-order valence-corrected chi connectivity index (χ4v) is 2.10. The molecule has 1 atom stereocenters. The van der Waals surface area contributed by atoms with Gasteiger partial charge in [-0.2, -0.15) is 4.39 Å². The van der Waals surface area contributed by atoms with Crippen molar-refractivity contribution in [3.8, 4) is 0 Å². The lowest BCUT2D eigenvalue weighted by Gasteiger charge is -2.27. The van der Waals surface area contributed by atoms with E-state index in [9.17, 15) is 9.18 Å². The summed E-state index contributed by atoms with van der Waals surface area (Å²) in [5, 5.41) is 3.74. The molecule has 0 aromatic heterocycles. The van der Waals surface area contributed by atoms with E-state index in [1.165, 1.54) is 19.1 Å². The van der Waals surface area contributed by atoms with Gasteiger partial charge in [0.2, 0.25) is 0 Å². The van der Waals surface area contributed by atoms with Crippen molar-refractivity contribution in [2.45, 2.75) is 36.8 Å². The van der Waals surface area contributed by atoms with Gasteiger partial charge in [-0.15, -0.1) is 0 Å². The van der Waals surface area contributed by atoms with Crippen LogP contribution in [0, 0.1) is 0 Å². The first kappa shape index (κ1) is 11.4. The molecule has 0 aromatic carbocycles. The molecule has 1 saturated carbocycles. The summed E-state index contributed by atoms with van der Waals surface area (Å²) in [4.78, 5) is 14.2. The van der Waals surface area contributed by atoms with Gasteiger partial charge in [-0.3, -0.25) is 4.79 Å². The average Bonchev–Trinajstić information content (AvgIpc) is 2.70. The van der Waals surface area contributed by atoms with E-state index < -0.39 is 11.2 Å². The molecule has 0 aromatic rings. The minimum Gasteiger partial charge on any atom is -0.369 e. The lowest BCUT2D eigenvalue weighted by atomic mass is 10.2. The van der Waals surface area contributed by atoms with Crippen LogP contribution < -0.4 is 10.6 Å². The summed E-state index contributed by atoms with van der Waals surface area (Å²) in [5.74, 6) is 0.544. The minimum absolute atomic E-state index is 0.362. The highest BCUT2D eigenvalue weighted by Crippen LogP contribution is 2.22. The standard InChI is InChI=1S/C10H13ClFN3O/c11-10(9(12)16)13-6-5-8(15-10)14-7-3-1-2-4-7/h5-7,14-15H,1-4H2. The molecule has 6 heteroatoms. The molecule has 2 N–H and O–H groups in total. The highest BCUT2D eigenvalue weighted by Gasteiger charge is 2.38. The molecule has 2 aliphatic rings. The largest absolute Gasteiger partial charge is 0.369 e. The van der Waals surface area contributed by atoms with E-state index in [4.69, 9.17) is 11.6 Å². The summed E-state index contributed by atoms with van der Waals surface area (Å²) >= 11 is 5.68. The summed E-state index contributed by atoms with van der Waals surface area (Å²) in [5.41, 5.74) is 0. The van der Waals surface area contributed by atoms with Crippen LogP contribution in [0.2, 0.25) is 0 Å². The van der Waals surface area contributed by atoms with E-state index in [1.54, 1.807) is 6.08 Å². The molecule has 16 heavy (non-hydrogen) atoms. The number of aliphatic imine (C=N–C) groups is 1. The Labute approximate surface area is 97.9 Å². The van der Waals surface area contributed by atoms with Crippen molar-refractivity contribution in [3.05, 3.63) is 11.9 Å². The van der Waals surface area contributed by atoms with Crippen molar-refractivity contribution in [1.82, 2.24) is 10.6 Å². The van der Waals surface area contributed by atoms with Crippen LogP contribution in [0.1, 0.15) is 25.7 Å². The Balaban J connectivity index is 1.99. The molecule has 1 aliphatic carbocycles. The second-order valence-corrected chi connectivity index (χ2v) is 4.55. The number of alkyl halides is 1. The quantitative estimate of drug-likeness (QED) is 0.449. The van der Waals surface area contributed by atoms with Gasteiger partial charge >= 0.3 is 6.04 Å². The summed E-state index contributed by atoms with van der Waals surface area (Å²) in [7, 11) is 0. The Morgan fingerprint density at radius 2 is 2.31 bits per heavy atom. The number of hydrogen-bond donors (Lipinski definition) is 2. The maximum absolute atomic E-state index is 12.7. The Morgan fingerprint density at radius 3 is 2.94 bits per heavy atom. The van der Waals surface area contributed by atoms with Crippen LogP contribution in [0.15, 0.2) is 16.9 Å². The van der Waals surface area contributed by atoms with Gasteiger partial charge in [-0.05, 0) is 18.9 Å². The van der Waals surface area contributed by atoms with Crippen LogP contribution >= 0.6 is 11.6 Å². The smallest absolute Gasteiger partial charge is 0.365 e. The topological polar surface area (TPSA) is 53.5 Å². The molecule has 1 aliphatic heterocycles. The fraction of sp³-hybridized carbons (Fsp3) is 0.600. The number of hydrogen-bond acceptors (Lipinski definition) is 4. The molecule has 1 fully saturated rings. The monoisotopic (exact) mass is 245 g/mol. The summed E-state index contributed by atoms with van der Waals surface area (Å²) in [6.07, 6.45) is 7.50. The molecular weight excluding hydrogens is 233 g/mol. The molecule has 88 valence electrons. The normalized spacial score (nSPS) is 29.8. The molecule has 0 saturated heterocycles. The van der Waals surface area contributed by atoms with Gasteiger partial charge in [-0.1, -0.05) is 24.4 Å². The van der Waals surface area contributed by atoms with Crippen molar-refractivity contribution < 1.29 is 9.18 Å². The first-order valence-corrected chi connectivity index (χ1v) is 5.67. The highest BCUT2D eigenvalue weighted by molar-refractivity contribution is 6.34.